The van der Waals surface area contributed by atoms with E-state index >= 15 is 0 Å². The summed E-state index contributed by atoms with van der Waals surface area (Å²) >= 11 is 0. The molecule has 3 heterocycles. The molecule has 0 aliphatic heterocycles. The number of rotatable bonds is 6. The van der Waals surface area contributed by atoms with Crippen molar-refractivity contribution in [3.05, 3.63) is 40.8 Å². The van der Waals surface area contributed by atoms with E-state index in [9.17, 15) is 22.8 Å². The summed E-state index contributed by atoms with van der Waals surface area (Å²) in [5.74, 6) is -6.88. The van der Waals surface area contributed by atoms with Gasteiger partial charge in [0.2, 0.25) is 0 Å². The van der Waals surface area contributed by atoms with E-state index in [1.165, 1.54) is 12.1 Å². The number of fused-ring (bicyclic) bond motifs is 1. The second-order valence-electron chi connectivity index (χ2n) is 5.74. The fraction of sp³-hybridized carbons (Fsp3) is 0.250. The van der Waals surface area contributed by atoms with Crippen molar-refractivity contribution in [2.24, 2.45) is 0 Å². The Kier molecular flexibility index (Phi) is 4.60. The molecule has 0 bridgehead atoms. The van der Waals surface area contributed by atoms with Crippen molar-refractivity contribution in [2.75, 3.05) is 6.61 Å². The average molecular weight is 383 g/mol. The van der Waals surface area contributed by atoms with Crippen molar-refractivity contribution >= 4 is 17.2 Å². The van der Waals surface area contributed by atoms with Gasteiger partial charge in [-0.15, -0.1) is 0 Å². The van der Waals surface area contributed by atoms with Gasteiger partial charge in [-0.25, -0.2) is 32.5 Å². The first-order valence-corrected chi connectivity index (χ1v) is 7.53. The van der Waals surface area contributed by atoms with E-state index in [4.69, 9.17) is 9.52 Å². The Hall–Kier alpha value is -3.37. The van der Waals surface area contributed by atoms with Gasteiger partial charge in [-0.2, -0.15) is 0 Å². The third-order valence-electron chi connectivity index (χ3n) is 3.37. The zero-order valence-electron chi connectivity index (χ0n) is 13.8. The first-order valence-electron chi connectivity index (χ1n) is 7.53. The number of hydrogen-bond donors (Lipinski definition) is 1. The molecule has 0 saturated carbocycles. The molecule has 142 valence electrons. The molecule has 0 amide bonds. The van der Waals surface area contributed by atoms with E-state index in [-0.39, 0.29) is 22.5 Å². The Morgan fingerprint density at radius 2 is 2.15 bits per heavy atom. The number of aliphatic carboxylic acids is 1. The van der Waals surface area contributed by atoms with Gasteiger partial charge in [-0.3, -0.25) is 4.79 Å². The van der Waals surface area contributed by atoms with E-state index in [1.807, 2.05) is 0 Å². The monoisotopic (exact) mass is 383 g/mol. The first kappa shape index (κ1) is 18.4. The molecule has 0 radical (unpaired) electrons. The van der Waals surface area contributed by atoms with Crippen LogP contribution in [0.15, 0.2) is 33.6 Å². The molecule has 27 heavy (non-hydrogen) atoms. The van der Waals surface area contributed by atoms with E-state index in [0.29, 0.717) is 6.92 Å². The van der Waals surface area contributed by atoms with Gasteiger partial charge in [0.15, 0.2) is 23.7 Å². The minimum atomic E-state index is -3.14. The Balaban J connectivity index is 1.96. The molecule has 1 N–H and O–H groups in total. The number of nitrogens with zero attached hydrogens (tertiary/aromatic N) is 3. The Bertz CT molecular complexity index is 1070. The maximum absolute atomic E-state index is 14.1. The van der Waals surface area contributed by atoms with E-state index in [0.717, 1.165) is 16.8 Å². The minimum Gasteiger partial charge on any atom is -0.480 e. The second-order valence-corrected chi connectivity index (χ2v) is 5.74. The fourth-order valence-electron chi connectivity index (χ4n) is 2.25. The summed E-state index contributed by atoms with van der Waals surface area (Å²) in [5, 5.41) is 8.87. The standard InChI is InChI=1S/C16H12F3N3O5/c1-16(18,19)7-26-14-9(17)4-8(5-20-14)10-2-3-11-13(21-10)22(6-12(23)24)15(25)27-11/h2-5H,6-7H2,1H3,(H,23,24). The highest BCUT2D eigenvalue weighted by Gasteiger charge is 2.23. The van der Waals surface area contributed by atoms with Crippen LogP contribution in [0.1, 0.15) is 6.92 Å². The number of ether oxygens (including phenoxy) is 1. The molecule has 0 unspecified atom stereocenters. The molecule has 0 aliphatic rings. The lowest BCUT2D eigenvalue weighted by atomic mass is 10.2. The van der Waals surface area contributed by atoms with Crippen LogP contribution >= 0.6 is 0 Å². The zero-order chi connectivity index (χ0) is 19.8. The van der Waals surface area contributed by atoms with Crippen LogP contribution in [0.5, 0.6) is 5.88 Å². The molecule has 3 rings (SSSR count). The SMILES string of the molecule is CC(F)(F)COc1ncc(-c2ccc3oc(=O)n(CC(=O)O)c3n2)cc1F. The number of oxazole rings is 1. The van der Waals surface area contributed by atoms with Crippen LogP contribution in [0.25, 0.3) is 22.5 Å². The van der Waals surface area contributed by atoms with Crippen molar-refractivity contribution in [1.29, 1.82) is 0 Å². The minimum absolute atomic E-state index is 0.0359. The quantitative estimate of drug-likeness (QED) is 0.696. The lowest BCUT2D eigenvalue weighted by Gasteiger charge is -2.12. The predicted molar refractivity (Wildman–Crippen MR) is 85.2 cm³/mol. The van der Waals surface area contributed by atoms with Crippen LogP contribution in [-0.2, 0) is 11.3 Å². The molecule has 0 saturated heterocycles. The van der Waals surface area contributed by atoms with Crippen molar-refractivity contribution < 1.29 is 32.2 Å². The smallest absolute Gasteiger partial charge is 0.421 e. The second kappa shape index (κ2) is 6.74. The van der Waals surface area contributed by atoms with Crippen LogP contribution in [0.3, 0.4) is 0 Å². The highest BCUT2D eigenvalue weighted by Crippen LogP contribution is 2.25. The predicted octanol–water partition coefficient (Wildman–Crippen LogP) is 2.31. The van der Waals surface area contributed by atoms with Gasteiger partial charge >= 0.3 is 11.7 Å². The zero-order valence-corrected chi connectivity index (χ0v) is 13.8. The van der Waals surface area contributed by atoms with Crippen LogP contribution < -0.4 is 10.5 Å². The summed E-state index contributed by atoms with van der Waals surface area (Å²) in [6, 6.07) is 3.76. The Labute approximate surface area is 148 Å². The van der Waals surface area contributed by atoms with Crippen molar-refractivity contribution in [3.8, 4) is 17.1 Å². The number of alkyl halides is 2. The third kappa shape index (κ3) is 4.07. The highest BCUT2D eigenvalue weighted by atomic mass is 19.3. The molecule has 8 nitrogen and oxygen atoms in total. The van der Waals surface area contributed by atoms with Gasteiger partial charge in [0.25, 0.3) is 11.8 Å². The summed E-state index contributed by atoms with van der Waals surface area (Å²) in [6.07, 6.45) is 1.15. The molecule has 0 aromatic carbocycles. The Morgan fingerprint density at radius 3 is 2.78 bits per heavy atom. The number of carbonyl (C=O) groups is 1. The summed E-state index contributed by atoms with van der Waals surface area (Å²) in [4.78, 5) is 30.4. The molecule has 11 heteroatoms. The molecular weight excluding hydrogens is 371 g/mol. The van der Waals surface area contributed by atoms with Crippen LogP contribution in [-0.4, -0.2) is 38.1 Å². The van der Waals surface area contributed by atoms with Crippen molar-refractivity contribution in [2.45, 2.75) is 19.4 Å². The molecule has 3 aromatic rings. The normalized spacial score (nSPS) is 11.7. The molecule has 0 aliphatic carbocycles. The largest absolute Gasteiger partial charge is 0.480 e. The van der Waals surface area contributed by atoms with Gasteiger partial charge in [0, 0.05) is 18.7 Å². The average Bonchev–Trinajstić information content (AvgIpc) is 2.87. The summed E-state index contributed by atoms with van der Waals surface area (Å²) in [6.45, 7) is -1.07. The third-order valence-corrected chi connectivity index (χ3v) is 3.37. The number of carboxylic acid groups (broad SMARTS) is 1. The Morgan fingerprint density at radius 1 is 1.41 bits per heavy atom. The van der Waals surface area contributed by atoms with Crippen molar-refractivity contribution in [1.82, 2.24) is 14.5 Å². The number of carboxylic acids is 1. The van der Waals surface area contributed by atoms with E-state index in [1.54, 1.807) is 0 Å². The maximum atomic E-state index is 14.1. The lowest BCUT2D eigenvalue weighted by molar-refractivity contribution is -0.137. The maximum Gasteiger partial charge on any atom is 0.421 e. The van der Waals surface area contributed by atoms with Crippen LogP contribution in [0.2, 0.25) is 0 Å². The van der Waals surface area contributed by atoms with E-state index in [2.05, 4.69) is 14.7 Å². The van der Waals surface area contributed by atoms with Crippen LogP contribution in [0.4, 0.5) is 13.2 Å². The van der Waals surface area contributed by atoms with Gasteiger partial charge in [0.1, 0.15) is 6.54 Å². The molecule has 0 fully saturated rings. The topological polar surface area (TPSA) is 107 Å². The number of hydrogen-bond acceptors (Lipinski definition) is 6. The van der Waals surface area contributed by atoms with Gasteiger partial charge in [-0.1, -0.05) is 0 Å². The van der Waals surface area contributed by atoms with E-state index < -0.39 is 42.5 Å². The number of halogens is 3. The highest BCUT2D eigenvalue weighted by molar-refractivity contribution is 5.75. The lowest BCUT2D eigenvalue weighted by Crippen LogP contribution is -2.21. The van der Waals surface area contributed by atoms with Gasteiger partial charge in [-0.05, 0) is 18.2 Å². The molecule has 0 atom stereocenters. The van der Waals surface area contributed by atoms with Crippen molar-refractivity contribution in [3.63, 3.8) is 0 Å². The number of pyridine rings is 2. The fourth-order valence-corrected chi connectivity index (χ4v) is 2.25. The van der Waals surface area contributed by atoms with Gasteiger partial charge < -0.3 is 14.3 Å². The summed E-state index contributed by atoms with van der Waals surface area (Å²) < 4.78 is 50.0. The summed E-state index contributed by atoms with van der Waals surface area (Å²) in [7, 11) is 0. The van der Waals surface area contributed by atoms with Crippen LogP contribution in [0, 0.1) is 5.82 Å². The molecule has 0 spiro atoms. The molecule has 3 aromatic heterocycles. The first-order chi connectivity index (χ1) is 12.6. The molecular formula is C16H12F3N3O5. The summed E-state index contributed by atoms with van der Waals surface area (Å²) in [5.41, 5.74) is 0.358. The number of aromatic nitrogens is 3. The van der Waals surface area contributed by atoms with Gasteiger partial charge in [0.05, 0.1) is 5.69 Å².